The Labute approximate surface area is 144 Å². The molecule has 1 N–H and O–H groups in total. The first kappa shape index (κ1) is 14.6. The van der Waals surface area contributed by atoms with E-state index in [-0.39, 0.29) is 5.92 Å². The first-order valence-electron chi connectivity index (χ1n) is 7.60. The zero-order valence-electron chi connectivity index (χ0n) is 12.7. The van der Waals surface area contributed by atoms with Crippen molar-refractivity contribution in [2.75, 3.05) is 0 Å². The minimum Gasteiger partial charge on any atom is -0.361 e. The molecule has 4 rings (SSSR count). The number of nitrogens with one attached hydrogen (secondary N) is 1. The van der Waals surface area contributed by atoms with Crippen LogP contribution in [0.5, 0.6) is 0 Å². The lowest BCUT2D eigenvalue weighted by atomic mass is 9.89. The van der Waals surface area contributed by atoms with Gasteiger partial charge in [-0.25, -0.2) is 0 Å². The van der Waals surface area contributed by atoms with Crippen molar-refractivity contribution in [3.63, 3.8) is 0 Å². The third kappa shape index (κ3) is 2.69. The number of rotatable bonds is 3. The lowest BCUT2D eigenvalue weighted by molar-refractivity contribution is 1.02. The van der Waals surface area contributed by atoms with E-state index in [4.69, 9.17) is 11.6 Å². The van der Waals surface area contributed by atoms with Crippen molar-refractivity contribution in [1.29, 1.82) is 0 Å². The molecule has 0 unspecified atom stereocenters. The second-order valence-electron chi connectivity index (χ2n) is 5.78. The molecule has 0 aliphatic rings. The van der Waals surface area contributed by atoms with Crippen molar-refractivity contribution in [2.24, 2.45) is 0 Å². The molecular weight excluding hydrogens is 322 g/mol. The van der Waals surface area contributed by atoms with Gasteiger partial charge in [-0.05, 0) is 42.3 Å². The predicted molar refractivity (Wildman–Crippen MR) is 99.8 cm³/mol. The van der Waals surface area contributed by atoms with Crippen LogP contribution in [0.15, 0.2) is 66.9 Å². The number of aryl methyl sites for hydroxylation is 1. The molecule has 114 valence electrons. The van der Waals surface area contributed by atoms with E-state index < -0.39 is 0 Å². The highest BCUT2D eigenvalue weighted by Crippen LogP contribution is 2.40. The second-order valence-corrected chi connectivity index (χ2v) is 7.53. The molecule has 3 heteroatoms. The van der Waals surface area contributed by atoms with Gasteiger partial charge in [-0.1, -0.05) is 53.6 Å². The average Bonchev–Trinajstić information content (AvgIpc) is 3.16. The van der Waals surface area contributed by atoms with Crippen LogP contribution in [0.2, 0.25) is 4.34 Å². The summed E-state index contributed by atoms with van der Waals surface area (Å²) in [5.41, 5.74) is 5.03. The van der Waals surface area contributed by atoms with Gasteiger partial charge in [0.25, 0.3) is 0 Å². The summed E-state index contributed by atoms with van der Waals surface area (Å²) in [6, 6.07) is 21.3. The zero-order valence-corrected chi connectivity index (χ0v) is 14.3. The van der Waals surface area contributed by atoms with Crippen LogP contribution in [0.25, 0.3) is 10.9 Å². The first-order valence-corrected chi connectivity index (χ1v) is 8.79. The number of fused-ring (bicyclic) bond motifs is 1. The highest BCUT2D eigenvalue weighted by Gasteiger charge is 2.21. The summed E-state index contributed by atoms with van der Waals surface area (Å²) in [7, 11) is 0. The van der Waals surface area contributed by atoms with Gasteiger partial charge in [-0.3, -0.25) is 0 Å². The molecule has 0 saturated heterocycles. The van der Waals surface area contributed by atoms with Gasteiger partial charge in [0.2, 0.25) is 0 Å². The number of aromatic amines is 1. The monoisotopic (exact) mass is 337 g/mol. The Kier molecular flexibility index (Phi) is 3.72. The number of halogens is 1. The molecule has 0 bridgehead atoms. The smallest absolute Gasteiger partial charge is 0.0931 e. The van der Waals surface area contributed by atoms with Crippen molar-refractivity contribution in [2.45, 2.75) is 12.8 Å². The van der Waals surface area contributed by atoms with Gasteiger partial charge in [0.05, 0.1) is 4.34 Å². The molecule has 23 heavy (non-hydrogen) atoms. The van der Waals surface area contributed by atoms with E-state index in [0.29, 0.717) is 0 Å². The molecule has 0 aliphatic carbocycles. The van der Waals surface area contributed by atoms with Gasteiger partial charge in [0, 0.05) is 27.9 Å². The molecule has 2 heterocycles. The Morgan fingerprint density at radius 1 is 1.00 bits per heavy atom. The highest BCUT2D eigenvalue weighted by atomic mass is 35.5. The van der Waals surface area contributed by atoms with E-state index in [2.05, 4.69) is 72.7 Å². The number of hydrogen-bond donors (Lipinski definition) is 1. The molecule has 2 aromatic heterocycles. The summed E-state index contributed by atoms with van der Waals surface area (Å²) >= 11 is 7.86. The Morgan fingerprint density at radius 3 is 2.57 bits per heavy atom. The number of H-pyrrole nitrogens is 1. The fourth-order valence-corrected chi connectivity index (χ4v) is 4.33. The molecule has 4 aromatic rings. The van der Waals surface area contributed by atoms with E-state index in [1.54, 1.807) is 11.3 Å². The molecule has 1 nitrogen and oxygen atoms in total. The Bertz CT molecular complexity index is 952. The van der Waals surface area contributed by atoms with Crippen molar-refractivity contribution < 1.29 is 0 Å². The lowest BCUT2D eigenvalue weighted by Crippen LogP contribution is -2.00. The van der Waals surface area contributed by atoms with Gasteiger partial charge in [0.15, 0.2) is 0 Å². The van der Waals surface area contributed by atoms with Gasteiger partial charge < -0.3 is 4.98 Å². The van der Waals surface area contributed by atoms with E-state index in [1.165, 1.54) is 32.5 Å². The molecule has 0 amide bonds. The van der Waals surface area contributed by atoms with Crippen LogP contribution in [0.1, 0.15) is 27.5 Å². The topological polar surface area (TPSA) is 15.8 Å². The van der Waals surface area contributed by atoms with Crippen LogP contribution < -0.4 is 0 Å². The van der Waals surface area contributed by atoms with Crippen LogP contribution >= 0.6 is 22.9 Å². The molecule has 0 saturated carbocycles. The Balaban J connectivity index is 1.95. The van der Waals surface area contributed by atoms with E-state index >= 15 is 0 Å². The second kappa shape index (κ2) is 5.88. The highest BCUT2D eigenvalue weighted by molar-refractivity contribution is 7.16. The third-order valence-electron chi connectivity index (χ3n) is 4.19. The van der Waals surface area contributed by atoms with Crippen molar-refractivity contribution in [1.82, 2.24) is 4.98 Å². The maximum atomic E-state index is 6.21. The normalized spacial score (nSPS) is 12.6. The van der Waals surface area contributed by atoms with Crippen molar-refractivity contribution in [3.8, 4) is 0 Å². The summed E-state index contributed by atoms with van der Waals surface area (Å²) in [6.45, 7) is 2.13. The van der Waals surface area contributed by atoms with E-state index in [0.717, 1.165) is 4.34 Å². The minimum absolute atomic E-state index is 0.198. The fourth-order valence-electron chi connectivity index (χ4n) is 3.12. The summed E-state index contributed by atoms with van der Waals surface area (Å²) < 4.78 is 0.831. The van der Waals surface area contributed by atoms with E-state index in [9.17, 15) is 0 Å². The molecule has 0 radical (unpaired) electrons. The molecular formula is C20H16ClNS. The first-order chi connectivity index (χ1) is 11.2. The predicted octanol–water partition coefficient (Wildman–Crippen LogP) is 6.37. The number of benzene rings is 2. The lowest BCUT2D eigenvalue weighted by Gasteiger charge is -2.16. The summed E-state index contributed by atoms with van der Waals surface area (Å²) in [5, 5.41) is 1.28. The van der Waals surface area contributed by atoms with Gasteiger partial charge in [-0.2, -0.15) is 0 Å². The number of hydrogen-bond acceptors (Lipinski definition) is 1. The summed E-state index contributed by atoms with van der Waals surface area (Å²) in [4.78, 5) is 4.68. The maximum absolute atomic E-state index is 6.21. The standard InChI is InChI=1S/C20H16ClNS/c1-13-7-8-17-15(11-13)16(12-22-17)20(14-5-3-2-4-6-14)18-9-10-19(21)23-18/h2-12,20,22H,1H3/t20-/m1/s1. The number of aromatic nitrogens is 1. The van der Waals surface area contributed by atoms with Gasteiger partial charge in [-0.15, -0.1) is 11.3 Å². The molecule has 0 aliphatic heterocycles. The fraction of sp³-hybridized carbons (Fsp3) is 0.100. The average molecular weight is 338 g/mol. The van der Waals surface area contributed by atoms with Gasteiger partial charge >= 0.3 is 0 Å². The summed E-state index contributed by atoms with van der Waals surface area (Å²) in [6.07, 6.45) is 2.13. The summed E-state index contributed by atoms with van der Waals surface area (Å²) in [5.74, 6) is 0.198. The minimum atomic E-state index is 0.198. The van der Waals surface area contributed by atoms with E-state index in [1.807, 2.05) is 6.07 Å². The molecule has 2 aromatic carbocycles. The maximum Gasteiger partial charge on any atom is 0.0931 e. The van der Waals surface area contributed by atoms with Crippen molar-refractivity contribution in [3.05, 3.63) is 92.8 Å². The van der Waals surface area contributed by atoms with Crippen LogP contribution in [0.3, 0.4) is 0 Å². The molecule has 0 fully saturated rings. The van der Waals surface area contributed by atoms with Crippen LogP contribution in [-0.4, -0.2) is 4.98 Å². The zero-order chi connectivity index (χ0) is 15.8. The number of thiophene rings is 1. The SMILES string of the molecule is Cc1ccc2[nH]cc([C@@H](c3ccccc3)c3ccc(Cl)s3)c2c1. The van der Waals surface area contributed by atoms with Crippen LogP contribution in [-0.2, 0) is 0 Å². The Hall–Kier alpha value is -2.03. The molecule has 1 atom stereocenters. The third-order valence-corrected chi connectivity index (χ3v) is 5.49. The van der Waals surface area contributed by atoms with Crippen LogP contribution in [0, 0.1) is 6.92 Å². The largest absolute Gasteiger partial charge is 0.361 e. The quantitative estimate of drug-likeness (QED) is 0.447. The Morgan fingerprint density at radius 2 is 1.83 bits per heavy atom. The van der Waals surface area contributed by atoms with Crippen LogP contribution in [0.4, 0.5) is 0 Å². The molecule has 0 spiro atoms. The van der Waals surface area contributed by atoms with Gasteiger partial charge in [0.1, 0.15) is 0 Å². The van der Waals surface area contributed by atoms with Crippen molar-refractivity contribution >= 4 is 33.8 Å².